The van der Waals surface area contributed by atoms with E-state index in [2.05, 4.69) is 10.6 Å². The standard InChI is InChI=1S/C12H16N2O3S/c15-11(16)7-9(10-4-2-6-18-10)14-12(17)8-3-1-5-13-8/h2,4,6,8-9,13H,1,3,5,7H2,(H,14,17)(H,15,16)/t8-,9?/m0/s1. The minimum atomic E-state index is -0.909. The third-order valence-electron chi connectivity index (χ3n) is 2.96. The van der Waals surface area contributed by atoms with E-state index in [0.29, 0.717) is 0 Å². The maximum Gasteiger partial charge on any atom is 0.305 e. The van der Waals surface area contributed by atoms with Crippen molar-refractivity contribution in [2.24, 2.45) is 0 Å². The smallest absolute Gasteiger partial charge is 0.305 e. The second-order valence-electron chi connectivity index (χ2n) is 4.32. The first kappa shape index (κ1) is 13.0. The van der Waals surface area contributed by atoms with Crippen molar-refractivity contribution >= 4 is 23.2 Å². The lowest BCUT2D eigenvalue weighted by atomic mass is 10.1. The SMILES string of the molecule is O=C(O)CC(NC(=O)[C@@H]1CCCN1)c1cccs1. The molecule has 2 heterocycles. The summed E-state index contributed by atoms with van der Waals surface area (Å²) < 4.78 is 0. The van der Waals surface area contributed by atoms with Gasteiger partial charge >= 0.3 is 5.97 Å². The minimum Gasteiger partial charge on any atom is -0.481 e. The van der Waals surface area contributed by atoms with Crippen LogP contribution in [0, 0.1) is 0 Å². The van der Waals surface area contributed by atoms with E-state index in [0.717, 1.165) is 24.3 Å². The predicted molar refractivity (Wildman–Crippen MR) is 68.5 cm³/mol. The van der Waals surface area contributed by atoms with Crippen LogP contribution in [-0.4, -0.2) is 29.6 Å². The summed E-state index contributed by atoms with van der Waals surface area (Å²) in [4.78, 5) is 23.7. The van der Waals surface area contributed by atoms with Crippen molar-refractivity contribution < 1.29 is 14.7 Å². The average molecular weight is 268 g/mol. The van der Waals surface area contributed by atoms with Crippen molar-refractivity contribution in [3.8, 4) is 0 Å². The van der Waals surface area contributed by atoms with E-state index in [9.17, 15) is 9.59 Å². The molecule has 0 spiro atoms. The van der Waals surface area contributed by atoms with Crippen LogP contribution in [0.25, 0.3) is 0 Å². The van der Waals surface area contributed by atoms with Crippen LogP contribution >= 0.6 is 11.3 Å². The highest BCUT2D eigenvalue weighted by Crippen LogP contribution is 2.22. The first-order valence-electron chi connectivity index (χ1n) is 5.96. The van der Waals surface area contributed by atoms with Crippen LogP contribution in [0.4, 0.5) is 0 Å². The Balaban J connectivity index is 2.00. The van der Waals surface area contributed by atoms with Gasteiger partial charge in [0.25, 0.3) is 0 Å². The van der Waals surface area contributed by atoms with Gasteiger partial charge in [0.05, 0.1) is 18.5 Å². The van der Waals surface area contributed by atoms with Crippen molar-refractivity contribution in [1.29, 1.82) is 0 Å². The van der Waals surface area contributed by atoms with Crippen LogP contribution in [0.1, 0.15) is 30.2 Å². The number of carboxylic acids is 1. The quantitative estimate of drug-likeness (QED) is 0.748. The highest BCUT2D eigenvalue weighted by Gasteiger charge is 2.26. The molecule has 0 radical (unpaired) electrons. The van der Waals surface area contributed by atoms with Gasteiger partial charge in [0.2, 0.25) is 5.91 Å². The first-order valence-corrected chi connectivity index (χ1v) is 6.83. The number of hydrogen-bond acceptors (Lipinski definition) is 4. The maximum absolute atomic E-state index is 12.0. The van der Waals surface area contributed by atoms with Crippen LogP contribution in [0.2, 0.25) is 0 Å². The third kappa shape index (κ3) is 3.30. The summed E-state index contributed by atoms with van der Waals surface area (Å²) in [5, 5.41) is 16.7. The van der Waals surface area contributed by atoms with Gasteiger partial charge in [-0.3, -0.25) is 9.59 Å². The van der Waals surface area contributed by atoms with E-state index < -0.39 is 12.0 Å². The molecular formula is C12H16N2O3S. The second-order valence-corrected chi connectivity index (χ2v) is 5.30. The minimum absolute atomic E-state index is 0.0844. The van der Waals surface area contributed by atoms with Gasteiger partial charge in [0.1, 0.15) is 0 Å². The fourth-order valence-electron chi connectivity index (χ4n) is 2.07. The molecule has 0 aromatic carbocycles. The molecule has 1 unspecified atom stereocenters. The lowest BCUT2D eigenvalue weighted by Crippen LogP contribution is -2.42. The van der Waals surface area contributed by atoms with Crippen LogP contribution in [-0.2, 0) is 9.59 Å². The van der Waals surface area contributed by atoms with Crippen LogP contribution in [0.5, 0.6) is 0 Å². The zero-order valence-electron chi connectivity index (χ0n) is 9.89. The highest BCUT2D eigenvalue weighted by atomic mass is 32.1. The van der Waals surface area contributed by atoms with Crippen LogP contribution in [0.3, 0.4) is 0 Å². The molecule has 1 aliphatic rings. The van der Waals surface area contributed by atoms with E-state index in [4.69, 9.17) is 5.11 Å². The monoisotopic (exact) mass is 268 g/mol. The summed E-state index contributed by atoms with van der Waals surface area (Å²) in [6, 6.07) is 3.09. The van der Waals surface area contributed by atoms with Crippen LogP contribution in [0.15, 0.2) is 17.5 Å². The molecule has 1 fully saturated rings. The summed E-state index contributed by atoms with van der Waals surface area (Å²) >= 11 is 1.46. The molecule has 1 aromatic heterocycles. The molecule has 0 saturated carbocycles. The van der Waals surface area contributed by atoms with Crippen molar-refractivity contribution in [3.05, 3.63) is 22.4 Å². The van der Waals surface area contributed by atoms with E-state index in [1.807, 2.05) is 17.5 Å². The summed E-state index contributed by atoms with van der Waals surface area (Å²) in [5.41, 5.74) is 0. The third-order valence-corrected chi connectivity index (χ3v) is 3.94. The number of hydrogen-bond donors (Lipinski definition) is 3. The molecule has 2 atom stereocenters. The van der Waals surface area contributed by atoms with Gasteiger partial charge in [0.15, 0.2) is 0 Å². The number of carbonyl (C=O) groups is 2. The molecule has 2 rings (SSSR count). The molecule has 1 amide bonds. The fourth-order valence-corrected chi connectivity index (χ4v) is 2.85. The molecule has 5 nitrogen and oxygen atoms in total. The van der Waals surface area contributed by atoms with Crippen molar-refractivity contribution in [2.75, 3.05) is 6.54 Å². The van der Waals surface area contributed by atoms with Crippen molar-refractivity contribution in [1.82, 2.24) is 10.6 Å². The molecule has 18 heavy (non-hydrogen) atoms. The number of amides is 1. The van der Waals surface area contributed by atoms with Gasteiger partial charge in [-0.05, 0) is 30.8 Å². The van der Waals surface area contributed by atoms with E-state index in [1.54, 1.807) is 0 Å². The zero-order chi connectivity index (χ0) is 13.0. The Kier molecular flexibility index (Phi) is 4.33. The average Bonchev–Trinajstić information content (AvgIpc) is 3.01. The lowest BCUT2D eigenvalue weighted by Gasteiger charge is -2.18. The Labute approximate surface area is 109 Å². The number of rotatable bonds is 5. The second kappa shape index (κ2) is 5.97. The Hall–Kier alpha value is -1.40. The predicted octanol–water partition coefficient (Wildman–Crippen LogP) is 1.13. The molecule has 1 aliphatic heterocycles. The largest absolute Gasteiger partial charge is 0.481 e. The van der Waals surface area contributed by atoms with Crippen molar-refractivity contribution in [3.63, 3.8) is 0 Å². The normalized spacial score (nSPS) is 20.6. The van der Waals surface area contributed by atoms with Gasteiger partial charge in [-0.1, -0.05) is 6.07 Å². The number of nitrogens with one attached hydrogen (secondary N) is 2. The van der Waals surface area contributed by atoms with Gasteiger partial charge < -0.3 is 15.7 Å². The van der Waals surface area contributed by atoms with Gasteiger partial charge in [-0.25, -0.2) is 0 Å². The van der Waals surface area contributed by atoms with Gasteiger partial charge in [-0.2, -0.15) is 0 Å². The maximum atomic E-state index is 12.0. The Bertz CT molecular complexity index is 413. The summed E-state index contributed by atoms with van der Waals surface area (Å²) in [6.07, 6.45) is 1.72. The number of carboxylic acid groups (broad SMARTS) is 1. The molecular weight excluding hydrogens is 252 g/mol. The Morgan fingerprint density at radius 1 is 1.61 bits per heavy atom. The first-order chi connectivity index (χ1) is 8.66. The number of thiophene rings is 1. The summed E-state index contributed by atoms with van der Waals surface area (Å²) in [5.74, 6) is -1.01. The molecule has 0 aliphatic carbocycles. The molecule has 98 valence electrons. The van der Waals surface area contributed by atoms with E-state index in [1.165, 1.54) is 11.3 Å². The number of aliphatic carboxylic acids is 1. The molecule has 1 saturated heterocycles. The van der Waals surface area contributed by atoms with E-state index in [-0.39, 0.29) is 18.4 Å². The lowest BCUT2D eigenvalue weighted by molar-refractivity contribution is -0.137. The molecule has 3 N–H and O–H groups in total. The molecule has 1 aromatic rings. The van der Waals surface area contributed by atoms with Gasteiger partial charge in [-0.15, -0.1) is 11.3 Å². The highest BCUT2D eigenvalue weighted by molar-refractivity contribution is 7.10. The summed E-state index contributed by atoms with van der Waals surface area (Å²) in [6.45, 7) is 0.848. The zero-order valence-corrected chi connectivity index (χ0v) is 10.7. The van der Waals surface area contributed by atoms with E-state index >= 15 is 0 Å². The molecule has 6 heteroatoms. The Morgan fingerprint density at radius 2 is 2.44 bits per heavy atom. The Morgan fingerprint density at radius 3 is 3.00 bits per heavy atom. The fraction of sp³-hybridized carbons (Fsp3) is 0.500. The number of carbonyl (C=O) groups excluding carboxylic acids is 1. The summed E-state index contributed by atoms with van der Waals surface area (Å²) in [7, 11) is 0. The topological polar surface area (TPSA) is 78.4 Å². The van der Waals surface area contributed by atoms with Crippen molar-refractivity contribution in [2.45, 2.75) is 31.3 Å². The van der Waals surface area contributed by atoms with Gasteiger partial charge in [0, 0.05) is 4.88 Å². The van der Waals surface area contributed by atoms with Crippen LogP contribution < -0.4 is 10.6 Å². The molecule has 0 bridgehead atoms.